The summed E-state index contributed by atoms with van der Waals surface area (Å²) >= 11 is 0. The van der Waals surface area contributed by atoms with Gasteiger partial charge in [-0.25, -0.2) is 4.98 Å². The van der Waals surface area contributed by atoms with E-state index in [4.69, 9.17) is 4.98 Å². The first kappa shape index (κ1) is 24.9. The number of nitrogens with zero attached hydrogens (tertiary/aromatic N) is 4. The summed E-state index contributed by atoms with van der Waals surface area (Å²) in [6.45, 7) is 0. The number of para-hydroxylation sites is 1. The predicted molar refractivity (Wildman–Crippen MR) is 176 cm³/mol. The topological polar surface area (TPSA) is 43.6 Å². The van der Waals surface area contributed by atoms with E-state index in [1.54, 1.807) is 0 Å². The van der Waals surface area contributed by atoms with Crippen molar-refractivity contribution in [1.29, 1.82) is 0 Å². The first-order chi connectivity index (χ1) is 21.3. The third-order valence-corrected chi connectivity index (χ3v) is 7.97. The summed E-state index contributed by atoms with van der Waals surface area (Å²) in [5.41, 5.74) is 11.7. The quantitative estimate of drug-likeness (QED) is 0.214. The highest BCUT2D eigenvalue weighted by molar-refractivity contribution is 6.08. The van der Waals surface area contributed by atoms with Crippen molar-refractivity contribution in [2.24, 2.45) is 0 Å². The number of hydrogen-bond acceptors (Lipinski definition) is 3. The summed E-state index contributed by atoms with van der Waals surface area (Å²) in [7, 11) is 0. The molecule has 4 nitrogen and oxygen atoms in total. The SMILES string of the molecule is c1ccc(-c2ccc(-c3cc(-c4ccc(-n5c6ccccc6c6cnccc65)cc4)nc(-c4ccccn4)c3)cc2)cc1. The normalized spacial score (nSPS) is 11.3. The van der Waals surface area contributed by atoms with Crippen LogP contribution < -0.4 is 0 Å². The lowest BCUT2D eigenvalue weighted by Crippen LogP contribution is -1.95. The first-order valence-corrected chi connectivity index (χ1v) is 14.4. The third kappa shape index (κ3) is 4.55. The van der Waals surface area contributed by atoms with Gasteiger partial charge in [0.15, 0.2) is 0 Å². The lowest BCUT2D eigenvalue weighted by atomic mass is 9.98. The van der Waals surface area contributed by atoms with Crippen LogP contribution in [0.25, 0.3) is 72.4 Å². The van der Waals surface area contributed by atoms with Crippen molar-refractivity contribution in [3.63, 3.8) is 0 Å². The summed E-state index contributed by atoms with van der Waals surface area (Å²) in [5.74, 6) is 0. The molecule has 4 heteroatoms. The summed E-state index contributed by atoms with van der Waals surface area (Å²) < 4.78 is 2.30. The van der Waals surface area contributed by atoms with E-state index in [0.717, 1.165) is 55.9 Å². The zero-order chi connectivity index (χ0) is 28.6. The van der Waals surface area contributed by atoms with Crippen molar-refractivity contribution in [3.8, 4) is 50.6 Å². The molecule has 0 spiro atoms. The number of hydrogen-bond donors (Lipinski definition) is 0. The Morgan fingerprint density at radius 2 is 1.07 bits per heavy atom. The van der Waals surface area contributed by atoms with Crippen LogP contribution in [0, 0.1) is 0 Å². The van der Waals surface area contributed by atoms with Crippen molar-refractivity contribution in [3.05, 3.63) is 158 Å². The van der Waals surface area contributed by atoms with Crippen LogP contribution in [0.4, 0.5) is 0 Å². The summed E-state index contributed by atoms with van der Waals surface area (Å²) in [6.07, 6.45) is 5.62. The summed E-state index contributed by atoms with van der Waals surface area (Å²) in [6, 6.07) is 48.7. The predicted octanol–water partition coefficient (Wildman–Crippen LogP) is 9.64. The van der Waals surface area contributed by atoms with Gasteiger partial charge in [0.2, 0.25) is 0 Å². The molecule has 0 aliphatic carbocycles. The lowest BCUT2D eigenvalue weighted by Gasteiger charge is -2.12. The summed E-state index contributed by atoms with van der Waals surface area (Å²) in [4.78, 5) is 14.1. The van der Waals surface area contributed by atoms with E-state index in [-0.39, 0.29) is 0 Å². The maximum absolute atomic E-state index is 5.08. The standard InChI is InChI=1S/C39H26N4/c1-2-8-27(9-3-1)28-13-15-29(16-14-28)31-24-36(42-37(25-31)35-11-6-7-22-41-35)30-17-19-32(20-18-30)43-38-12-5-4-10-33(38)34-26-40-23-21-39(34)43/h1-26H. The second-order valence-electron chi connectivity index (χ2n) is 10.6. The van der Waals surface area contributed by atoms with Crippen LogP contribution in [0.1, 0.15) is 0 Å². The Kier molecular flexibility index (Phi) is 6.08. The van der Waals surface area contributed by atoms with E-state index in [2.05, 4.69) is 130 Å². The Morgan fingerprint density at radius 1 is 0.419 bits per heavy atom. The Morgan fingerprint density at radius 3 is 1.86 bits per heavy atom. The molecule has 8 aromatic rings. The molecular formula is C39H26N4. The van der Waals surface area contributed by atoms with E-state index < -0.39 is 0 Å². The molecule has 0 saturated carbocycles. The van der Waals surface area contributed by atoms with Crippen LogP contribution in [-0.2, 0) is 0 Å². The van der Waals surface area contributed by atoms with E-state index in [1.165, 1.54) is 16.5 Å². The molecule has 0 atom stereocenters. The first-order valence-electron chi connectivity index (χ1n) is 14.4. The fourth-order valence-electron chi connectivity index (χ4n) is 5.85. The minimum absolute atomic E-state index is 0.846. The second-order valence-corrected chi connectivity index (χ2v) is 10.6. The molecule has 0 radical (unpaired) electrons. The number of aromatic nitrogens is 4. The Bertz CT molecular complexity index is 2150. The number of benzene rings is 4. The van der Waals surface area contributed by atoms with Crippen molar-refractivity contribution in [2.45, 2.75) is 0 Å². The monoisotopic (exact) mass is 550 g/mol. The molecule has 4 heterocycles. The maximum atomic E-state index is 5.08. The van der Waals surface area contributed by atoms with Crippen LogP contribution in [-0.4, -0.2) is 19.5 Å². The maximum Gasteiger partial charge on any atom is 0.0899 e. The fourth-order valence-corrected chi connectivity index (χ4v) is 5.85. The molecule has 0 bridgehead atoms. The van der Waals surface area contributed by atoms with Gasteiger partial charge in [-0.3, -0.25) is 9.97 Å². The van der Waals surface area contributed by atoms with E-state index >= 15 is 0 Å². The zero-order valence-corrected chi connectivity index (χ0v) is 23.3. The molecular weight excluding hydrogens is 524 g/mol. The van der Waals surface area contributed by atoms with Crippen LogP contribution >= 0.6 is 0 Å². The van der Waals surface area contributed by atoms with Gasteiger partial charge in [-0.2, -0.15) is 0 Å². The van der Waals surface area contributed by atoms with Gasteiger partial charge < -0.3 is 4.57 Å². The van der Waals surface area contributed by atoms with Crippen molar-refractivity contribution < 1.29 is 0 Å². The second kappa shape index (κ2) is 10.5. The van der Waals surface area contributed by atoms with Crippen LogP contribution in [0.3, 0.4) is 0 Å². The minimum atomic E-state index is 0.846. The Hall–Kier alpha value is -5.87. The molecule has 0 aliphatic heterocycles. The van der Waals surface area contributed by atoms with Crippen molar-refractivity contribution in [2.75, 3.05) is 0 Å². The summed E-state index contributed by atoms with van der Waals surface area (Å²) in [5, 5.41) is 2.34. The smallest absolute Gasteiger partial charge is 0.0899 e. The van der Waals surface area contributed by atoms with Gasteiger partial charge in [-0.05, 0) is 70.8 Å². The van der Waals surface area contributed by atoms with Gasteiger partial charge in [-0.15, -0.1) is 0 Å². The lowest BCUT2D eigenvalue weighted by molar-refractivity contribution is 1.17. The van der Waals surface area contributed by atoms with Crippen LogP contribution in [0.15, 0.2) is 158 Å². The van der Waals surface area contributed by atoms with Crippen LogP contribution in [0.5, 0.6) is 0 Å². The van der Waals surface area contributed by atoms with E-state index in [9.17, 15) is 0 Å². The van der Waals surface area contributed by atoms with Crippen LogP contribution in [0.2, 0.25) is 0 Å². The van der Waals surface area contributed by atoms with Gasteiger partial charge in [0.25, 0.3) is 0 Å². The molecule has 0 amide bonds. The highest BCUT2D eigenvalue weighted by Gasteiger charge is 2.14. The number of fused-ring (bicyclic) bond motifs is 3. The highest BCUT2D eigenvalue weighted by Crippen LogP contribution is 2.34. The number of rotatable bonds is 5. The minimum Gasteiger partial charge on any atom is -0.309 e. The van der Waals surface area contributed by atoms with E-state index in [1.807, 2.05) is 42.9 Å². The Balaban J connectivity index is 1.22. The largest absolute Gasteiger partial charge is 0.309 e. The molecule has 4 aromatic carbocycles. The Labute approximate surface area is 249 Å². The molecule has 8 rings (SSSR count). The zero-order valence-electron chi connectivity index (χ0n) is 23.3. The molecule has 0 N–H and O–H groups in total. The van der Waals surface area contributed by atoms with Crippen molar-refractivity contribution >= 4 is 21.8 Å². The van der Waals surface area contributed by atoms with Gasteiger partial charge in [-0.1, -0.05) is 91.0 Å². The molecule has 0 unspecified atom stereocenters. The molecule has 43 heavy (non-hydrogen) atoms. The van der Waals surface area contributed by atoms with Gasteiger partial charge in [0, 0.05) is 40.6 Å². The molecule has 0 saturated heterocycles. The fraction of sp³-hybridized carbons (Fsp3) is 0. The van der Waals surface area contributed by atoms with Gasteiger partial charge >= 0.3 is 0 Å². The molecule has 0 fully saturated rings. The average molecular weight is 551 g/mol. The highest BCUT2D eigenvalue weighted by atomic mass is 15.0. The van der Waals surface area contributed by atoms with Gasteiger partial charge in [0.05, 0.1) is 28.1 Å². The molecule has 0 aliphatic rings. The van der Waals surface area contributed by atoms with Crippen molar-refractivity contribution in [1.82, 2.24) is 19.5 Å². The number of pyridine rings is 3. The third-order valence-electron chi connectivity index (χ3n) is 7.97. The van der Waals surface area contributed by atoms with E-state index in [0.29, 0.717) is 0 Å². The van der Waals surface area contributed by atoms with Gasteiger partial charge in [0.1, 0.15) is 0 Å². The molecule has 202 valence electrons. The molecule has 4 aromatic heterocycles. The average Bonchev–Trinajstić information content (AvgIpc) is 3.43.